The molecule has 0 heterocycles. The number of rotatable bonds is 4. The smallest absolute Gasteiger partial charge is 0.127 e. The van der Waals surface area contributed by atoms with E-state index in [0.29, 0.717) is 23.6 Å². The van der Waals surface area contributed by atoms with E-state index in [4.69, 9.17) is 22.4 Å². The number of halogens is 2. The molecule has 0 saturated heterocycles. The van der Waals surface area contributed by atoms with Crippen molar-refractivity contribution in [3.63, 3.8) is 0 Å². The minimum absolute atomic E-state index is 0.0639. The standard InChI is InChI=1S/C11H15ClFNO/c1-11(6-14,7-15)5-8-2-3-9(12)4-10(8)13/h2-4,15H,5-7,14H2,1H3. The van der Waals surface area contributed by atoms with Crippen molar-refractivity contribution in [2.45, 2.75) is 13.3 Å². The van der Waals surface area contributed by atoms with Crippen LogP contribution in [0.3, 0.4) is 0 Å². The van der Waals surface area contributed by atoms with Gasteiger partial charge in [-0.2, -0.15) is 0 Å². The third-order valence-corrected chi connectivity index (χ3v) is 2.74. The van der Waals surface area contributed by atoms with Gasteiger partial charge in [0.25, 0.3) is 0 Å². The van der Waals surface area contributed by atoms with E-state index in [0.717, 1.165) is 0 Å². The van der Waals surface area contributed by atoms with Crippen LogP contribution in [0.4, 0.5) is 4.39 Å². The van der Waals surface area contributed by atoms with Crippen LogP contribution in [0.25, 0.3) is 0 Å². The topological polar surface area (TPSA) is 46.2 Å². The zero-order valence-corrected chi connectivity index (χ0v) is 9.39. The molecule has 0 radical (unpaired) electrons. The summed E-state index contributed by atoms with van der Waals surface area (Å²) in [7, 11) is 0. The predicted octanol–water partition coefficient (Wildman–Crippen LogP) is 1.98. The molecule has 15 heavy (non-hydrogen) atoms. The van der Waals surface area contributed by atoms with Crippen molar-refractivity contribution >= 4 is 11.6 Å². The normalized spacial score (nSPS) is 15.0. The maximum Gasteiger partial charge on any atom is 0.127 e. The molecule has 0 fully saturated rings. The van der Waals surface area contributed by atoms with Crippen LogP contribution in [-0.4, -0.2) is 18.3 Å². The summed E-state index contributed by atoms with van der Waals surface area (Å²) in [6.45, 7) is 2.07. The van der Waals surface area contributed by atoms with Gasteiger partial charge in [-0.05, 0) is 24.1 Å². The molecule has 0 saturated carbocycles. The first-order chi connectivity index (χ1) is 7.00. The Morgan fingerprint density at radius 3 is 2.67 bits per heavy atom. The lowest BCUT2D eigenvalue weighted by Crippen LogP contribution is -2.33. The fourth-order valence-electron chi connectivity index (χ4n) is 1.32. The minimum Gasteiger partial charge on any atom is -0.396 e. The predicted molar refractivity (Wildman–Crippen MR) is 59.4 cm³/mol. The van der Waals surface area contributed by atoms with Gasteiger partial charge in [-0.15, -0.1) is 0 Å². The largest absolute Gasteiger partial charge is 0.396 e. The Kier molecular flexibility index (Phi) is 4.08. The summed E-state index contributed by atoms with van der Waals surface area (Å²) in [5, 5.41) is 9.53. The number of benzene rings is 1. The first-order valence-electron chi connectivity index (χ1n) is 4.75. The molecule has 1 atom stereocenters. The Morgan fingerprint density at radius 2 is 2.20 bits per heavy atom. The Labute approximate surface area is 93.9 Å². The van der Waals surface area contributed by atoms with E-state index in [2.05, 4.69) is 0 Å². The third kappa shape index (κ3) is 3.16. The van der Waals surface area contributed by atoms with Gasteiger partial charge in [0.1, 0.15) is 5.82 Å². The molecule has 1 aromatic rings. The molecule has 4 heteroatoms. The lowest BCUT2D eigenvalue weighted by atomic mass is 9.84. The third-order valence-electron chi connectivity index (χ3n) is 2.51. The fourth-order valence-corrected chi connectivity index (χ4v) is 1.48. The summed E-state index contributed by atoms with van der Waals surface area (Å²) in [4.78, 5) is 0. The highest BCUT2D eigenvalue weighted by Gasteiger charge is 2.23. The number of aliphatic hydroxyl groups is 1. The van der Waals surface area contributed by atoms with Crippen molar-refractivity contribution in [3.8, 4) is 0 Å². The molecule has 0 amide bonds. The van der Waals surface area contributed by atoms with E-state index in [-0.39, 0.29) is 12.4 Å². The summed E-state index contributed by atoms with van der Waals surface area (Å²) in [6, 6.07) is 4.53. The maximum absolute atomic E-state index is 13.4. The van der Waals surface area contributed by atoms with Gasteiger partial charge < -0.3 is 10.8 Å². The van der Waals surface area contributed by atoms with Crippen molar-refractivity contribution in [1.29, 1.82) is 0 Å². The summed E-state index contributed by atoms with van der Waals surface area (Å²) in [5.74, 6) is -0.351. The van der Waals surface area contributed by atoms with Gasteiger partial charge in [-0.25, -0.2) is 4.39 Å². The zero-order chi connectivity index (χ0) is 11.5. The lowest BCUT2D eigenvalue weighted by Gasteiger charge is -2.25. The number of nitrogens with two attached hydrogens (primary N) is 1. The second-order valence-electron chi connectivity index (χ2n) is 4.09. The molecule has 0 bridgehead atoms. The van der Waals surface area contributed by atoms with Crippen molar-refractivity contribution in [1.82, 2.24) is 0 Å². The average Bonchev–Trinajstić information content (AvgIpc) is 2.22. The monoisotopic (exact) mass is 231 g/mol. The van der Waals surface area contributed by atoms with Gasteiger partial charge in [-0.1, -0.05) is 24.6 Å². The number of hydrogen-bond donors (Lipinski definition) is 2. The molecule has 84 valence electrons. The van der Waals surface area contributed by atoms with Crippen LogP contribution >= 0.6 is 11.6 Å². The van der Waals surface area contributed by atoms with Crippen LogP contribution < -0.4 is 5.73 Å². The number of aliphatic hydroxyl groups excluding tert-OH is 1. The molecular formula is C11H15ClFNO. The van der Waals surface area contributed by atoms with E-state index in [9.17, 15) is 4.39 Å². The van der Waals surface area contributed by atoms with E-state index in [1.165, 1.54) is 6.07 Å². The van der Waals surface area contributed by atoms with Crippen LogP contribution in [0.15, 0.2) is 18.2 Å². The molecule has 0 aliphatic carbocycles. The Balaban J connectivity index is 2.89. The summed E-state index contributed by atoms with van der Waals surface area (Å²) >= 11 is 5.64. The van der Waals surface area contributed by atoms with E-state index in [1.807, 2.05) is 6.92 Å². The summed E-state index contributed by atoms with van der Waals surface area (Å²) < 4.78 is 13.4. The van der Waals surface area contributed by atoms with Crippen LogP contribution in [0.5, 0.6) is 0 Å². The van der Waals surface area contributed by atoms with Crippen molar-refractivity contribution in [2.24, 2.45) is 11.1 Å². The maximum atomic E-state index is 13.4. The van der Waals surface area contributed by atoms with Crippen LogP contribution in [0, 0.1) is 11.2 Å². The van der Waals surface area contributed by atoms with Crippen LogP contribution in [0.2, 0.25) is 5.02 Å². The highest BCUT2D eigenvalue weighted by atomic mass is 35.5. The Bertz CT molecular complexity index is 339. The van der Waals surface area contributed by atoms with Gasteiger partial charge in [0, 0.05) is 23.6 Å². The zero-order valence-electron chi connectivity index (χ0n) is 8.63. The summed E-state index contributed by atoms with van der Waals surface area (Å²) in [6.07, 6.45) is 0.406. The molecule has 1 rings (SSSR count). The molecule has 0 aliphatic heterocycles. The quantitative estimate of drug-likeness (QED) is 0.833. The molecule has 1 unspecified atom stereocenters. The van der Waals surface area contributed by atoms with E-state index < -0.39 is 5.41 Å². The lowest BCUT2D eigenvalue weighted by molar-refractivity contribution is 0.148. The first kappa shape index (κ1) is 12.4. The molecule has 2 nitrogen and oxygen atoms in total. The highest BCUT2D eigenvalue weighted by Crippen LogP contribution is 2.24. The Morgan fingerprint density at radius 1 is 1.53 bits per heavy atom. The Hall–Kier alpha value is -0.640. The summed E-state index contributed by atoms with van der Waals surface area (Å²) in [5.41, 5.74) is 5.59. The van der Waals surface area contributed by atoms with Crippen LogP contribution in [0.1, 0.15) is 12.5 Å². The molecular weight excluding hydrogens is 217 g/mol. The SMILES string of the molecule is CC(CN)(CO)Cc1ccc(Cl)cc1F. The average molecular weight is 232 g/mol. The molecule has 1 aromatic carbocycles. The van der Waals surface area contributed by atoms with Crippen molar-refractivity contribution < 1.29 is 9.50 Å². The van der Waals surface area contributed by atoms with Gasteiger partial charge in [0.05, 0.1) is 0 Å². The highest BCUT2D eigenvalue weighted by molar-refractivity contribution is 6.30. The fraction of sp³-hybridized carbons (Fsp3) is 0.455. The van der Waals surface area contributed by atoms with Crippen LogP contribution in [-0.2, 0) is 6.42 Å². The first-order valence-corrected chi connectivity index (χ1v) is 5.13. The minimum atomic E-state index is -0.478. The van der Waals surface area contributed by atoms with Gasteiger partial charge in [0.15, 0.2) is 0 Å². The van der Waals surface area contributed by atoms with Gasteiger partial charge >= 0.3 is 0 Å². The molecule has 0 spiro atoms. The van der Waals surface area contributed by atoms with Crippen molar-refractivity contribution in [2.75, 3.05) is 13.2 Å². The second-order valence-corrected chi connectivity index (χ2v) is 4.52. The number of hydrogen-bond acceptors (Lipinski definition) is 2. The van der Waals surface area contributed by atoms with E-state index >= 15 is 0 Å². The van der Waals surface area contributed by atoms with Gasteiger partial charge in [0.2, 0.25) is 0 Å². The second kappa shape index (κ2) is 4.92. The molecule has 3 N–H and O–H groups in total. The van der Waals surface area contributed by atoms with Crippen molar-refractivity contribution in [3.05, 3.63) is 34.6 Å². The van der Waals surface area contributed by atoms with Gasteiger partial charge in [-0.3, -0.25) is 0 Å². The molecule has 0 aromatic heterocycles. The van der Waals surface area contributed by atoms with E-state index in [1.54, 1.807) is 12.1 Å². The molecule has 0 aliphatic rings.